The van der Waals surface area contributed by atoms with Crippen LogP contribution in [-0.2, 0) is 0 Å². The van der Waals surface area contributed by atoms with E-state index in [1.54, 1.807) is 0 Å². The Labute approximate surface area is 73.0 Å². The molecule has 0 bridgehead atoms. The van der Waals surface area contributed by atoms with Crippen molar-refractivity contribution in [2.45, 2.75) is 18.9 Å². The third-order valence-corrected chi connectivity index (χ3v) is 2.06. The molecule has 64 valence electrons. The van der Waals surface area contributed by atoms with E-state index in [1.165, 1.54) is 12.8 Å². The summed E-state index contributed by atoms with van der Waals surface area (Å²) in [6.45, 7) is 6.60. The summed E-state index contributed by atoms with van der Waals surface area (Å²) in [5.74, 6) is 0. The van der Waals surface area contributed by atoms with Crippen LogP contribution in [0.15, 0.2) is 11.6 Å². The van der Waals surface area contributed by atoms with E-state index in [0.717, 1.165) is 19.6 Å². The standard InChI is InChI=1S/C8H15ClN2/c1-7(9)6-11-8-2-4-10-5-3-8/h8,10-11H,1-6H2. The highest BCUT2D eigenvalue weighted by molar-refractivity contribution is 6.29. The SMILES string of the molecule is C=C(Cl)CNC1CCNCC1. The lowest BCUT2D eigenvalue weighted by Gasteiger charge is -2.23. The highest BCUT2D eigenvalue weighted by atomic mass is 35.5. The molecular weight excluding hydrogens is 160 g/mol. The van der Waals surface area contributed by atoms with Crippen LogP contribution in [-0.4, -0.2) is 25.7 Å². The zero-order valence-corrected chi connectivity index (χ0v) is 7.45. The van der Waals surface area contributed by atoms with Crippen LogP contribution in [0.3, 0.4) is 0 Å². The lowest BCUT2D eigenvalue weighted by Crippen LogP contribution is -2.40. The van der Waals surface area contributed by atoms with Crippen molar-refractivity contribution in [3.8, 4) is 0 Å². The van der Waals surface area contributed by atoms with Crippen molar-refractivity contribution >= 4 is 11.6 Å². The van der Waals surface area contributed by atoms with Gasteiger partial charge in [-0.15, -0.1) is 0 Å². The predicted octanol–water partition coefficient (Wildman–Crippen LogP) is 1.08. The number of hydrogen-bond acceptors (Lipinski definition) is 2. The maximum atomic E-state index is 5.62. The highest BCUT2D eigenvalue weighted by Crippen LogP contribution is 2.03. The van der Waals surface area contributed by atoms with Gasteiger partial charge >= 0.3 is 0 Å². The molecule has 0 saturated carbocycles. The Kier molecular flexibility index (Phi) is 3.91. The molecule has 0 aromatic carbocycles. The number of rotatable bonds is 3. The van der Waals surface area contributed by atoms with Gasteiger partial charge in [-0.3, -0.25) is 0 Å². The first-order chi connectivity index (χ1) is 5.29. The molecule has 0 aliphatic carbocycles. The van der Waals surface area contributed by atoms with E-state index in [4.69, 9.17) is 11.6 Å². The minimum absolute atomic E-state index is 0.631. The van der Waals surface area contributed by atoms with Gasteiger partial charge in [-0.2, -0.15) is 0 Å². The van der Waals surface area contributed by atoms with E-state index in [-0.39, 0.29) is 0 Å². The van der Waals surface area contributed by atoms with Crippen LogP contribution >= 0.6 is 11.6 Å². The van der Waals surface area contributed by atoms with E-state index in [1.807, 2.05) is 0 Å². The number of piperidine rings is 1. The van der Waals surface area contributed by atoms with E-state index in [2.05, 4.69) is 17.2 Å². The molecule has 0 spiro atoms. The van der Waals surface area contributed by atoms with E-state index in [0.29, 0.717) is 11.1 Å². The van der Waals surface area contributed by atoms with Gasteiger partial charge in [0.05, 0.1) is 0 Å². The van der Waals surface area contributed by atoms with E-state index >= 15 is 0 Å². The Hall–Kier alpha value is -0.0500. The molecule has 2 N–H and O–H groups in total. The Morgan fingerprint density at radius 3 is 2.73 bits per heavy atom. The fraction of sp³-hybridized carbons (Fsp3) is 0.750. The number of hydrogen-bond donors (Lipinski definition) is 2. The van der Waals surface area contributed by atoms with Crippen molar-refractivity contribution in [2.24, 2.45) is 0 Å². The molecule has 0 amide bonds. The smallest absolute Gasteiger partial charge is 0.0310 e. The fourth-order valence-corrected chi connectivity index (χ4v) is 1.36. The first kappa shape index (κ1) is 9.04. The lowest BCUT2D eigenvalue weighted by molar-refractivity contribution is 0.399. The van der Waals surface area contributed by atoms with Crippen LogP contribution in [0.1, 0.15) is 12.8 Å². The molecule has 2 nitrogen and oxygen atoms in total. The summed E-state index contributed by atoms with van der Waals surface area (Å²) >= 11 is 5.62. The van der Waals surface area contributed by atoms with Gasteiger partial charge in [-0.25, -0.2) is 0 Å². The van der Waals surface area contributed by atoms with Gasteiger partial charge in [0.25, 0.3) is 0 Å². The van der Waals surface area contributed by atoms with Crippen molar-refractivity contribution in [2.75, 3.05) is 19.6 Å². The molecule has 1 rings (SSSR count). The molecule has 0 atom stereocenters. The molecule has 1 saturated heterocycles. The van der Waals surface area contributed by atoms with Gasteiger partial charge in [-0.05, 0) is 25.9 Å². The monoisotopic (exact) mass is 174 g/mol. The Bertz CT molecular complexity index is 130. The van der Waals surface area contributed by atoms with Gasteiger partial charge in [0.1, 0.15) is 0 Å². The molecule has 11 heavy (non-hydrogen) atoms. The van der Waals surface area contributed by atoms with Crippen LogP contribution < -0.4 is 10.6 Å². The molecule has 3 heteroatoms. The van der Waals surface area contributed by atoms with Gasteiger partial charge in [0, 0.05) is 17.6 Å². The third kappa shape index (κ3) is 3.75. The zero-order chi connectivity index (χ0) is 8.10. The van der Waals surface area contributed by atoms with Crippen molar-refractivity contribution in [3.05, 3.63) is 11.6 Å². The summed E-state index contributed by atoms with van der Waals surface area (Å²) in [6, 6.07) is 0.631. The van der Waals surface area contributed by atoms with Gasteiger partial charge in [0.2, 0.25) is 0 Å². The van der Waals surface area contributed by atoms with Gasteiger partial charge in [-0.1, -0.05) is 18.2 Å². The van der Waals surface area contributed by atoms with E-state index < -0.39 is 0 Å². The predicted molar refractivity (Wildman–Crippen MR) is 48.9 cm³/mol. The van der Waals surface area contributed by atoms with Crippen LogP contribution in [0, 0.1) is 0 Å². The van der Waals surface area contributed by atoms with Crippen molar-refractivity contribution < 1.29 is 0 Å². The lowest BCUT2D eigenvalue weighted by atomic mass is 10.1. The summed E-state index contributed by atoms with van der Waals surface area (Å²) in [6.07, 6.45) is 2.40. The van der Waals surface area contributed by atoms with Gasteiger partial charge < -0.3 is 10.6 Å². The normalized spacial score (nSPS) is 20.1. The summed E-state index contributed by atoms with van der Waals surface area (Å²) in [4.78, 5) is 0. The maximum absolute atomic E-state index is 5.62. The minimum Gasteiger partial charge on any atom is -0.317 e. The Morgan fingerprint density at radius 2 is 2.18 bits per heavy atom. The number of halogens is 1. The molecule has 1 aliphatic heterocycles. The first-order valence-corrected chi connectivity index (χ1v) is 4.44. The largest absolute Gasteiger partial charge is 0.317 e. The van der Waals surface area contributed by atoms with Crippen LogP contribution in [0.5, 0.6) is 0 Å². The van der Waals surface area contributed by atoms with Crippen LogP contribution in [0.2, 0.25) is 0 Å². The second kappa shape index (κ2) is 4.75. The Morgan fingerprint density at radius 1 is 1.55 bits per heavy atom. The molecular formula is C8H15ClN2. The second-order valence-corrected chi connectivity index (χ2v) is 3.46. The van der Waals surface area contributed by atoms with E-state index in [9.17, 15) is 0 Å². The molecule has 1 fully saturated rings. The average molecular weight is 175 g/mol. The van der Waals surface area contributed by atoms with Crippen molar-refractivity contribution in [1.29, 1.82) is 0 Å². The molecule has 0 aromatic heterocycles. The second-order valence-electron chi connectivity index (χ2n) is 2.92. The maximum Gasteiger partial charge on any atom is 0.0310 e. The third-order valence-electron chi connectivity index (χ3n) is 1.92. The van der Waals surface area contributed by atoms with Crippen LogP contribution in [0.25, 0.3) is 0 Å². The topological polar surface area (TPSA) is 24.1 Å². The quantitative estimate of drug-likeness (QED) is 0.669. The molecule has 1 heterocycles. The summed E-state index contributed by atoms with van der Waals surface area (Å²) < 4.78 is 0. The minimum atomic E-state index is 0.631. The van der Waals surface area contributed by atoms with Crippen LogP contribution in [0.4, 0.5) is 0 Å². The van der Waals surface area contributed by atoms with Crippen molar-refractivity contribution in [1.82, 2.24) is 10.6 Å². The summed E-state index contributed by atoms with van der Waals surface area (Å²) in [5.41, 5.74) is 0. The highest BCUT2D eigenvalue weighted by Gasteiger charge is 2.11. The zero-order valence-electron chi connectivity index (χ0n) is 6.70. The fourth-order valence-electron chi connectivity index (χ4n) is 1.28. The Balaban J connectivity index is 2.09. The number of nitrogens with one attached hydrogen (secondary N) is 2. The molecule has 0 aromatic rings. The summed E-state index contributed by atoms with van der Waals surface area (Å²) in [7, 11) is 0. The molecule has 0 unspecified atom stereocenters. The van der Waals surface area contributed by atoms with Crippen molar-refractivity contribution in [3.63, 3.8) is 0 Å². The molecule has 1 aliphatic rings. The summed E-state index contributed by atoms with van der Waals surface area (Å²) in [5, 5.41) is 7.35. The van der Waals surface area contributed by atoms with Gasteiger partial charge in [0.15, 0.2) is 0 Å². The molecule has 0 radical (unpaired) electrons. The average Bonchev–Trinajstić information content (AvgIpc) is 2.03. The first-order valence-electron chi connectivity index (χ1n) is 4.06.